The number of aromatic nitrogens is 4. The largest absolute Gasteiger partial charge is 0.323 e. The van der Waals surface area contributed by atoms with E-state index in [1.807, 2.05) is 34.6 Å². The van der Waals surface area contributed by atoms with Crippen LogP contribution in [0.25, 0.3) is 5.95 Å². The zero-order valence-corrected chi connectivity index (χ0v) is 13.8. The van der Waals surface area contributed by atoms with Gasteiger partial charge in [0.2, 0.25) is 5.91 Å². The number of rotatable bonds is 5. The van der Waals surface area contributed by atoms with Crippen LogP contribution in [-0.4, -0.2) is 25.7 Å². The van der Waals surface area contributed by atoms with Gasteiger partial charge in [-0.15, -0.1) is 0 Å². The van der Waals surface area contributed by atoms with Gasteiger partial charge < -0.3 is 5.32 Å². The topological polar surface area (TPSA) is 72.7 Å². The van der Waals surface area contributed by atoms with Crippen LogP contribution < -0.4 is 5.32 Å². The predicted molar refractivity (Wildman–Crippen MR) is 86.1 cm³/mol. The van der Waals surface area contributed by atoms with E-state index >= 15 is 0 Å². The quantitative estimate of drug-likeness (QED) is 0.921. The highest BCUT2D eigenvalue weighted by atomic mass is 16.1. The lowest BCUT2D eigenvalue weighted by Crippen LogP contribution is -2.22. The van der Waals surface area contributed by atoms with Crippen molar-refractivity contribution in [1.82, 2.24) is 19.7 Å². The van der Waals surface area contributed by atoms with Crippen molar-refractivity contribution >= 4 is 11.6 Å². The van der Waals surface area contributed by atoms with E-state index in [1.54, 1.807) is 17.1 Å². The Kier molecular flexibility index (Phi) is 4.90. The maximum Gasteiger partial charge on any atom is 0.250 e. The molecule has 1 N–H and O–H groups in total. The van der Waals surface area contributed by atoms with E-state index < -0.39 is 0 Å². The second kappa shape index (κ2) is 6.68. The lowest BCUT2D eigenvalue weighted by molar-refractivity contribution is -0.120. The van der Waals surface area contributed by atoms with E-state index in [0.29, 0.717) is 11.6 Å². The van der Waals surface area contributed by atoms with Gasteiger partial charge in [0.1, 0.15) is 0 Å². The summed E-state index contributed by atoms with van der Waals surface area (Å²) in [6.45, 7) is 10.00. The molecule has 22 heavy (non-hydrogen) atoms. The fourth-order valence-electron chi connectivity index (χ4n) is 2.31. The van der Waals surface area contributed by atoms with Gasteiger partial charge in [-0.05, 0) is 39.2 Å². The summed E-state index contributed by atoms with van der Waals surface area (Å²) in [5.41, 5.74) is 3.73. The van der Waals surface area contributed by atoms with Crippen LogP contribution in [0.5, 0.6) is 0 Å². The van der Waals surface area contributed by atoms with Crippen LogP contribution in [0.1, 0.15) is 43.6 Å². The molecule has 0 saturated heterocycles. The minimum absolute atomic E-state index is 0.0170. The van der Waals surface area contributed by atoms with Crippen LogP contribution in [0.3, 0.4) is 0 Å². The van der Waals surface area contributed by atoms with Crippen molar-refractivity contribution in [2.45, 2.75) is 47.5 Å². The molecular weight excluding hydrogens is 278 g/mol. The lowest BCUT2D eigenvalue weighted by atomic mass is 10.0. The Morgan fingerprint density at radius 1 is 1.18 bits per heavy atom. The third-order valence-corrected chi connectivity index (χ3v) is 4.10. The Bertz CT molecular complexity index is 656. The first-order chi connectivity index (χ1) is 10.5. The van der Waals surface area contributed by atoms with Gasteiger partial charge in [0, 0.05) is 11.6 Å². The highest BCUT2D eigenvalue weighted by Crippen LogP contribution is 2.16. The summed E-state index contributed by atoms with van der Waals surface area (Å²) in [4.78, 5) is 20.7. The first kappa shape index (κ1) is 16.1. The molecule has 0 aliphatic rings. The number of amides is 1. The average molecular weight is 301 g/mol. The van der Waals surface area contributed by atoms with Gasteiger partial charge >= 0.3 is 0 Å². The normalized spacial score (nSPS) is 11.0. The summed E-state index contributed by atoms with van der Waals surface area (Å²) in [5.74, 6) is 0.552. The number of hydrogen-bond donors (Lipinski definition) is 1. The smallest absolute Gasteiger partial charge is 0.250 e. The highest BCUT2D eigenvalue weighted by molar-refractivity contribution is 5.92. The van der Waals surface area contributed by atoms with E-state index in [0.717, 1.165) is 29.8 Å². The Morgan fingerprint density at radius 2 is 1.77 bits per heavy atom. The number of aryl methyl sites for hydroxylation is 1. The van der Waals surface area contributed by atoms with Crippen molar-refractivity contribution < 1.29 is 4.79 Å². The molecule has 6 nitrogen and oxygen atoms in total. The van der Waals surface area contributed by atoms with Crippen molar-refractivity contribution in [3.63, 3.8) is 0 Å². The lowest BCUT2D eigenvalue weighted by Gasteiger charge is -2.12. The molecule has 0 fully saturated rings. The number of carbonyl (C=O) groups is 1. The SMILES string of the molecule is CCC(CC)C(=O)Nc1cnc(-n2nc(C)c(C)c2C)nc1. The minimum atomic E-state index is 0.0170. The van der Waals surface area contributed by atoms with E-state index in [9.17, 15) is 4.79 Å². The number of hydrogen-bond acceptors (Lipinski definition) is 4. The molecule has 0 saturated carbocycles. The molecule has 0 atom stereocenters. The Balaban J connectivity index is 2.17. The number of anilines is 1. The van der Waals surface area contributed by atoms with Gasteiger partial charge in [0.05, 0.1) is 23.8 Å². The first-order valence-corrected chi connectivity index (χ1v) is 7.64. The van der Waals surface area contributed by atoms with Crippen LogP contribution in [0.15, 0.2) is 12.4 Å². The Morgan fingerprint density at radius 3 is 2.23 bits per heavy atom. The summed E-state index contributed by atoms with van der Waals surface area (Å²) in [7, 11) is 0. The van der Waals surface area contributed by atoms with Crippen molar-refractivity contribution in [2.75, 3.05) is 5.32 Å². The molecule has 0 aliphatic carbocycles. The molecule has 2 aromatic heterocycles. The molecule has 0 aliphatic heterocycles. The summed E-state index contributed by atoms with van der Waals surface area (Å²) in [5, 5.41) is 7.29. The molecule has 2 aromatic rings. The summed E-state index contributed by atoms with van der Waals surface area (Å²) < 4.78 is 1.72. The van der Waals surface area contributed by atoms with Gasteiger partial charge in [-0.1, -0.05) is 13.8 Å². The van der Waals surface area contributed by atoms with Crippen molar-refractivity contribution in [3.05, 3.63) is 29.3 Å². The van der Waals surface area contributed by atoms with Crippen molar-refractivity contribution in [1.29, 1.82) is 0 Å². The molecule has 0 bridgehead atoms. The predicted octanol–water partition coefficient (Wildman–Crippen LogP) is 2.96. The molecule has 2 rings (SSSR count). The molecule has 0 unspecified atom stereocenters. The van der Waals surface area contributed by atoms with Crippen LogP contribution in [0.4, 0.5) is 5.69 Å². The molecule has 0 radical (unpaired) electrons. The zero-order chi connectivity index (χ0) is 16.3. The van der Waals surface area contributed by atoms with Crippen LogP contribution in [-0.2, 0) is 4.79 Å². The second-order valence-electron chi connectivity index (χ2n) is 5.48. The van der Waals surface area contributed by atoms with Crippen molar-refractivity contribution in [2.24, 2.45) is 5.92 Å². The molecular formula is C16H23N5O. The van der Waals surface area contributed by atoms with Gasteiger partial charge in [-0.2, -0.15) is 5.10 Å². The summed E-state index contributed by atoms with van der Waals surface area (Å²) in [6, 6.07) is 0. The molecule has 118 valence electrons. The summed E-state index contributed by atoms with van der Waals surface area (Å²) >= 11 is 0. The Hall–Kier alpha value is -2.24. The third-order valence-electron chi connectivity index (χ3n) is 4.10. The standard InChI is InChI=1S/C16H23N5O/c1-6-13(7-2)15(22)19-14-8-17-16(18-9-14)21-12(5)10(3)11(4)20-21/h8-9,13H,6-7H2,1-5H3,(H,19,22). The van der Waals surface area contributed by atoms with Gasteiger partial charge in [-0.25, -0.2) is 14.6 Å². The minimum Gasteiger partial charge on any atom is -0.323 e. The van der Waals surface area contributed by atoms with Crippen molar-refractivity contribution in [3.8, 4) is 5.95 Å². The second-order valence-corrected chi connectivity index (χ2v) is 5.48. The van der Waals surface area contributed by atoms with E-state index in [-0.39, 0.29) is 11.8 Å². The maximum absolute atomic E-state index is 12.0. The van der Waals surface area contributed by atoms with E-state index in [2.05, 4.69) is 20.4 Å². The number of nitrogens with one attached hydrogen (secondary N) is 1. The van der Waals surface area contributed by atoms with Gasteiger partial charge in [-0.3, -0.25) is 4.79 Å². The van der Waals surface area contributed by atoms with E-state index in [4.69, 9.17) is 0 Å². The van der Waals surface area contributed by atoms with E-state index in [1.165, 1.54) is 0 Å². The number of nitrogens with zero attached hydrogens (tertiary/aromatic N) is 4. The molecule has 2 heterocycles. The van der Waals surface area contributed by atoms with Gasteiger partial charge in [0.25, 0.3) is 5.95 Å². The molecule has 0 spiro atoms. The Labute approximate surface area is 131 Å². The van der Waals surface area contributed by atoms with Crippen LogP contribution in [0.2, 0.25) is 0 Å². The molecule has 0 aromatic carbocycles. The van der Waals surface area contributed by atoms with Gasteiger partial charge in [0.15, 0.2) is 0 Å². The monoisotopic (exact) mass is 301 g/mol. The zero-order valence-electron chi connectivity index (χ0n) is 13.8. The average Bonchev–Trinajstić information content (AvgIpc) is 2.77. The third kappa shape index (κ3) is 3.16. The summed E-state index contributed by atoms with van der Waals surface area (Å²) in [6.07, 6.45) is 4.89. The molecule has 1 amide bonds. The highest BCUT2D eigenvalue weighted by Gasteiger charge is 2.15. The fourth-order valence-corrected chi connectivity index (χ4v) is 2.31. The fraction of sp³-hybridized carbons (Fsp3) is 0.500. The maximum atomic E-state index is 12.0. The number of carbonyl (C=O) groups excluding carboxylic acids is 1. The van der Waals surface area contributed by atoms with Crippen LogP contribution in [0, 0.1) is 26.7 Å². The van der Waals surface area contributed by atoms with Crippen LogP contribution >= 0.6 is 0 Å². The first-order valence-electron chi connectivity index (χ1n) is 7.64. The molecule has 6 heteroatoms.